The molecule has 2 aromatic rings. The van der Waals surface area contributed by atoms with Gasteiger partial charge in [0.2, 0.25) is 0 Å². The number of nitrogens with zero attached hydrogens (tertiary/aromatic N) is 4. The van der Waals surface area contributed by atoms with E-state index < -0.39 is 16.2 Å². The van der Waals surface area contributed by atoms with Crippen molar-refractivity contribution in [2.45, 2.75) is 26.2 Å². The lowest BCUT2D eigenvalue weighted by atomic mass is 9.91. The number of aromatic nitrogens is 3. The van der Waals surface area contributed by atoms with Crippen LogP contribution in [-0.4, -0.2) is 19.9 Å². The topological polar surface area (TPSA) is 99.9 Å². The summed E-state index contributed by atoms with van der Waals surface area (Å²) in [7, 11) is 0. The van der Waals surface area contributed by atoms with E-state index in [0.717, 1.165) is 6.07 Å². The Morgan fingerprint density at radius 2 is 2.05 bits per heavy atom. The van der Waals surface area contributed by atoms with E-state index in [-0.39, 0.29) is 17.2 Å². The van der Waals surface area contributed by atoms with Crippen LogP contribution < -0.4 is 5.73 Å². The Morgan fingerprint density at radius 1 is 1.40 bits per heavy atom. The molecular weight excluding hydrogens is 265 g/mol. The standard InChI is InChI=1S/C12H14FN5O2/c1-12(2,3)10-11(14)15-16-17(10)9-5-4-7(18(19)20)6-8(9)13/h4-6H,14H2,1-3H3. The Kier molecular flexibility index (Phi) is 3.16. The highest BCUT2D eigenvalue weighted by atomic mass is 19.1. The molecule has 0 spiro atoms. The monoisotopic (exact) mass is 279 g/mol. The first kappa shape index (κ1) is 13.9. The quantitative estimate of drug-likeness (QED) is 0.671. The zero-order chi connectivity index (χ0) is 15.1. The van der Waals surface area contributed by atoms with Gasteiger partial charge < -0.3 is 5.73 Å². The van der Waals surface area contributed by atoms with Crippen LogP contribution in [0.3, 0.4) is 0 Å². The molecule has 7 nitrogen and oxygen atoms in total. The summed E-state index contributed by atoms with van der Waals surface area (Å²) in [5.41, 5.74) is 5.66. The Balaban J connectivity index is 2.61. The average molecular weight is 279 g/mol. The van der Waals surface area contributed by atoms with Gasteiger partial charge in [0.15, 0.2) is 11.6 Å². The molecule has 0 aliphatic rings. The number of nitrogen functional groups attached to an aromatic ring is 1. The number of nitro benzene ring substituents is 1. The highest BCUT2D eigenvalue weighted by molar-refractivity contribution is 5.47. The molecule has 0 fully saturated rings. The van der Waals surface area contributed by atoms with E-state index in [1.54, 1.807) is 0 Å². The minimum Gasteiger partial charge on any atom is -0.381 e. The normalized spacial score (nSPS) is 11.6. The van der Waals surface area contributed by atoms with Crippen LogP contribution in [-0.2, 0) is 5.41 Å². The number of halogens is 1. The molecule has 0 saturated heterocycles. The van der Waals surface area contributed by atoms with Gasteiger partial charge in [-0.25, -0.2) is 9.07 Å². The second-order valence-electron chi connectivity index (χ2n) is 5.38. The third kappa shape index (κ3) is 2.31. The van der Waals surface area contributed by atoms with Gasteiger partial charge >= 0.3 is 0 Å². The number of hydrogen-bond donors (Lipinski definition) is 1. The average Bonchev–Trinajstić information content (AvgIpc) is 2.70. The van der Waals surface area contributed by atoms with Crippen LogP contribution in [0.4, 0.5) is 15.9 Å². The molecule has 0 aliphatic carbocycles. The van der Waals surface area contributed by atoms with Crippen molar-refractivity contribution in [1.82, 2.24) is 15.0 Å². The molecule has 2 N–H and O–H groups in total. The first-order valence-electron chi connectivity index (χ1n) is 5.88. The zero-order valence-corrected chi connectivity index (χ0v) is 11.3. The minimum absolute atomic E-state index is 0.0738. The van der Waals surface area contributed by atoms with Crippen molar-refractivity contribution in [2.24, 2.45) is 0 Å². The summed E-state index contributed by atoms with van der Waals surface area (Å²) in [6.07, 6.45) is 0. The van der Waals surface area contributed by atoms with Gasteiger partial charge in [-0.05, 0) is 6.07 Å². The smallest absolute Gasteiger partial charge is 0.272 e. The van der Waals surface area contributed by atoms with Crippen LogP contribution in [0.15, 0.2) is 18.2 Å². The van der Waals surface area contributed by atoms with E-state index in [4.69, 9.17) is 5.73 Å². The SMILES string of the molecule is CC(C)(C)c1c(N)nnn1-c1ccc([N+](=O)[O-])cc1F. The number of non-ortho nitro benzene ring substituents is 1. The van der Waals surface area contributed by atoms with E-state index in [9.17, 15) is 14.5 Å². The Bertz CT molecular complexity index is 675. The number of hydrogen-bond acceptors (Lipinski definition) is 5. The molecule has 0 aliphatic heterocycles. The summed E-state index contributed by atoms with van der Waals surface area (Å²) in [5.74, 6) is -0.551. The fourth-order valence-electron chi connectivity index (χ4n) is 1.95. The number of benzene rings is 1. The van der Waals surface area contributed by atoms with E-state index in [0.29, 0.717) is 5.69 Å². The van der Waals surface area contributed by atoms with Crippen molar-refractivity contribution in [2.75, 3.05) is 5.73 Å². The van der Waals surface area contributed by atoms with Crippen LogP contribution >= 0.6 is 0 Å². The molecule has 1 heterocycles. The molecule has 20 heavy (non-hydrogen) atoms. The number of anilines is 1. The van der Waals surface area contributed by atoms with Crippen molar-refractivity contribution in [3.8, 4) is 5.69 Å². The molecule has 1 aromatic heterocycles. The molecule has 8 heteroatoms. The van der Waals surface area contributed by atoms with Crippen LogP contribution in [0.1, 0.15) is 26.5 Å². The maximum Gasteiger partial charge on any atom is 0.272 e. The first-order valence-corrected chi connectivity index (χ1v) is 5.88. The summed E-state index contributed by atoms with van der Waals surface area (Å²) >= 11 is 0. The van der Waals surface area contributed by atoms with Gasteiger partial charge in [-0.2, -0.15) is 0 Å². The lowest BCUT2D eigenvalue weighted by Crippen LogP contribution is -2.19. The summed E-state index contributed by atoms with van der Waals surface area (Å²) in [5, 5.41) is 18.2. The third-order valence-corrected chi connectivity index (χ3v) is 2.78. The second-order valence-corrected chi connectivity index (χ2v) is 5.38. The van der Waals surface area contributed by atoms with Crippen molar-refractivity contribution in [3.05, 3.63) is 39.8 Å². The van der Waals surface area contributed by atoms with Crippen molar-refractivity contribution in [3.63, 3.8) is 0 Å². The highest BCUT2D eigenvalue weighted by Gasteiger charge is 2.26. The molecule has 0 amide bonds. The summed E-state index contributed by atoms with van der Waals surface area (Å²) < 4.78 is 15.3. The Morgan fingerprint density at radius 3 is 2.55 bits per heavy atom. The fraction of sp³-hybridized carbons (Fsp3) is 0.333. The molecule has 0 bridgehead atoms. The highest BCUT2D eigenvalue weighted by Crippen LogP contribution is 2.29. The summed E-state index contributed by atoms with van der Waals surface area (Å²) in [6, 6.07) is 3.35. The van der Waals surface area contributed by atoms with Gasteiger partial charge in [-0.1, -0.05) is 26.0 Å². The van der Waals surface area contributed by atoms with Crippen molar-refractivity contribution < 1.29 is 9.31 Å². The largest absolute Gasteiger partial charge is 0.381 e. The van der Waals surface area contributed by atoms with Gasteiger partial charge in [0.25, 0.3) is 5.69 Å². The summed E-state index contributed by atoms with van der Waals surface area (Å²) in [6.45, 7) is 5.67. The lowest BCUT2D eigenvalue weighted by Gasteiger charge is -2.20. The van der Waals surface area contributed by atoms with Crippen LogP contribution in [0, 0.1) is 15.9 Å². The molecular formula is C12H14FN5O2. The van der Waals surface area contributed by atoms with E-state index in [2.05, 4.69) is 10.3 Å². The lowest BCUT2D eigenvalue weighted by molar-refractivity contribution is -0.385. The second kappa shape index (κ2) is 4.55. The Labute approximate surface area is 114 Å². The molecule has 0 atom stereocenters. The van der Waals surface area contributed by atoms with Crippen LogP contribution in [0.5, 0.6) is 0 Å². The van der Waals surface area contributed by atoms with Gasteiger partial charge in [0.1, 0.15) is 5.69 Å². The van der Waals surface area contributed by atoms with Crippen molar-refractivity contribution >= 4 is 11.5 Å². The van der Waals surface area contributed by atoms with Gasteiger partial charge in [0.05, 0.1) is 16.7 Å². The fourth-order valence-corrected chi connectivity index (χ4v) is 1.95. The van der Waals surface area contributed by atoms with Gasteiger partial charge in [0, 0.05) is 11.5 Å². The molecule has 0 saturated carbocycles. The molecule has 2 rings (SSSR count). The summed E-state index contributed by atoms with van der Waals surface area (Å²) in [4.78, 5) is 9.96. The predicted molar refractivity (Wildman–Crippen MR) is 71.1 cm³/mol. The molecule has 0 unspecified atom stereocenters. The first-order chi connectivity index (χ1) is 9.21. The van der Waals surface area contributed by atoms with E-state index >= 15 is 0 Å². The number of nitro groups is 1. The number of nitrogens with two attached hydrogens (primary N) is 1. The Hall–Kier alpha value is -2.51. The maximum absolute atomic E-state index is 14.0. The molecule has 0 radical (unpaired) electrons. The predicted octanol–water partition coefficient (Wildman–Crippen LogP) is 2.19. The van der Waals surface area contributed by atoms with Crippen molar-refractivity contribution in [1.29, 1.82) is 0 Å². The van der Waals surface area contributed by atoms with Gasteiger partial charge in [-0.3, -0.25) is 10.1 Å². The maximum atomic E-state index is 14.0. The number of rotatable bonds is 2. The van der Waals surface area contributed by atoms with E-state index in [1.807, 2.05) is 20.8 Å². The van der Waals surface area contributed by atoms with Gasteiger partial charge in [-0.15, -0.1) is 5.10 Å². The minimum atomic E-state index is -0.755. The third-order valence-electron chi connectivity index (χ3n) is 2.78. The zero-order valence-electron chi connectivity index (χ0n) is 11.3. The molecule has 1 aromatic carbocycles. The van der Waals surface area contributed by atoms with Crippen LogP contribution in [0.25, 0.3) is 5.69 Å². The van der Waals surface area contributed by atoms with E-state index in [1.165, 1.54) is 16.8 Å². The molecule has 106 valence electrons. The van der Waals surface area contributed by atoms with Crippen LogP contribution in [0.2, 0.25) is 0 Å².